The fraction of sp³-hybridized carbons (Fsp3) is 0.348. The summed E-state index contributed by atoms with van der Waals surface area (Å²) >= 11 is 2.90. The molecule has 3 aromatic heterocycles. The first-order valence-corrected chi connectivity index (χ1v) is 12.8. The molecule has 34 heavy (non-hydrogen) atoms. The third-order valence-electron chi connectivity index (χ3n) is 4.96. The Morgan fingerprint density at radius 2 is 2.00 bits per heavy atom. The smallest absolute Gasteiger partial charge is 0.257 e. The van der Waals surface area contributed by atoms with Gasteiger partial charge in [0.15, 0.2) is 11.0 Å². The fourth-order valence-electron chi connectivity index (χ4n) is 3.34. The number of amides is 1. The standard InChI is InChI=1S/C23H26N6O3S2/c1-3-11-28(15-19-24-26-22(32-19)18-10-7-14-33-18)20(30)16-34-23-27-25-21(29(23)12-13-31-2)17-8-5-4-6-9-17/h4-10,14H,3,11-13,15-16H2,1-2H3. The van der Waals surface area contributed by atoms with Crippen LogP contribution in [0.2, 0.25) is 0 Å². The maximum absolute atomic E-state index is 13.1. The molecule has 178 valence electrons. The van der Waals surface area contributed by atoms with E-state index < -0.39 is 0 Å². The normalized spacial score (nSPS) is 11.1. The zero-order valence-corrected chi connectivity index (χ0v) is 20.7. The van der Waals surface area contributed by atoms with Crippen LogP contribution >= 0.6 is 23.1 Å². The number of thiophene rings is 1. The van der Waals surface area contributed by atoms with Gasteiger partial charge < -0.3 is 14.1 Å². The number of methoxy groups -OCH3 is 1. The fourth-order valence-corrected chi connectivity index (χ4v) is 4.85. The molecule has 0 aliphatic heterocycles. The molecule has 0 saturated carbocycles. The van der Waals surface area contributed by atoms with Crippen molar-refractivity contribution < 1.29 is 13.9 Å². The minimum Gasteiger partial charge on any atom is -0.418 e. The summed E-state index contributed by atoms with van der Waals surface area (Å²) in [7, 11) is 1.66. The van der Waals surface area contributed by atoms with Gasteiger partial charge in [0.1, 0.15) is 0 Å². The molecule has 0 aliphatic carbocycles. The first-order valence-electron chi connectivity index (χ1n) is 10.9. The number of benzene rings is 1. The Morgan fingerprint density at radius 3 is 2.74 bits per heavy atom. The van der Waals surface area contributed by atoms with Crippen LogP contribution in [-0.2, 0) is 22.6 Å². The summed E-state index contributed by atoms with van der Waals surface area (Å²) in [5, 5.41) is 19.6. The van der Waals surface area contributed by atoms with E-state index in [-0.39, 0.29) is 18.2 Å². The molecule has 1 amide bonds. The van der Waals surface area contributed by atoms with Crippen LogP contribution in [0.1, 0.15) is 19.2 Å². The Kier molecular flexibility index (Phi) is 8.45. The van der Waals surface area contributed by atoms with Crippen LogP contribution in [0.5, 0.6) is 0 Å². The predicted octanol–water partition coefficient (Wildman–Crippen LogP) is 4.23. The summed E-state index contributed by atoms with van der Waals surface area (Å²) in [5.74, 6) is 1.86. The molecule has 0 aliphatic rings. The van der Waals surface area contributed by atoms with Crippen LogP contribution in [0.3, 0.4) is 0 Å². The first kappa shape index (κ1) is 24.1. The second-order valence-corrected chi connectivity index (χ2v) is 9.29. The molecular formula is C23H26N6O3S2. The zero-order chi connectivity index (χ0) is 23.8. The van der Waals surface area contributed by atoms with E-state index in [0.717, 1.165) is 22.7 Å². The highest BCUT2D eigenvalue weighted by molar-refractivity contribution is 7.99. The number of aromatic nitrogens is 5. The number of carbonyl (C=O) groups excluding carboxylic acids is 1. The average Bonchev–Trinajstić information content (AvgIpc) is 3.62. The molecule has 3 heterocycles. The van der Waals surface area contributed by atoms with Crippen LogP contribution in [0.4, 0.5) is 0 Å². The molecule has 4 rings (SSSR count). The SMILES string of the molecule is CCCN(Cc1nnc(-c2cccs2)o1)C(=O)CSc1nnc(-c2ccccc2)n1CCOC. The van der Waals surface area contributed by atoms with Crippen LogP contribution in [0, 0.1) is 0 Å². The van der Waals surface area contributed by atoms with Gasteiger partial charge in [-0.1, -0.05) is 55.1 Å². The summed E-state index contributed by atoms with van der Waals surface area (Å²) in [6.45, 7) is 4.02. The molecule has 0 atom stereocenters. The largest absolute Gasteiger partial charge is 0.418 e. The van der Waals surface area contributed by atoms with Crippen molar-refractivity contribution in [1.82, 2.24) is 29.9 Å². The van der Waals surface area contributed by atoms with Gasteiger partial charge in [-0.05, 0) is 17.9 Å². The Bertz CT molecular complexity index is 1180. The van der Waals surface area contributed by atoms with Crippen LogP contribution in [0.25, 0.3) is 22.2 Å². The molecule has 0 N–H and O–H groups in total. The van der Waals surface area contributed by atoms with Gasteiger partial charge >= 0.3 is 0 Å². The molecular weight excluding hydrogens is 472 g/mol. The van der Waals surface area contributed by atoms with E-state index in [1.807, 2.05) is 59.3 Å². The summed E-state index contributed by atoms with van der Waals surface area (Å²) in [4.78, 5) is 15.7. The number of ether oxygens (including phenoxy) is 1. The minimum absolute atomic E-state index is 0.0229. The molecule has 1 aromatic carbocycles. The predicted molar refractivity (Wildman–Crippen MR) is 131 cm³/mol. The second kappa shape index (κ2) is 11.9. The monoisotopic (exact) mass is 498 g/mol. The topological polar surface area (TPSA) is 99.2 Å². The van der Waals surface area contributed by atoms with Crippen molar-refractivity contribution in [3.8, 4) is 22.2 Å². The molecule has 0 fully saturated rings. The van der Waals surface area contributed by atoms with E-state index in [9.17, 15) is 4.79 Å². The number of hydrogen-bond donors (Lipinski definition) is 0. The highest BCUT2D eigenvalue weighted by atomic mass is 32.2. The lowest BCUT2D eigenvalue weighted by molar-refractivity contribution is -0.129. The average molecular weight is 499 g/mol. The maximum Gasteiger partial charge on any atom is 0.257 e. The lowest BCUT2D eigenvalue weighted by Crippen LogP contribution is -2.33. The van der Waals surface area contributed by atoms with Crippen molar-refractivity contribution in [2.45, 2.75) is 31.6 Å². The molecule has 4 aromatic rings. The molecule has 0 bridgehead atoms. The van der Waals surface area contributed by atoms with E-state index in [1.165, 1.54) is 23.1 Å². The van der Waals surface area contributed by atoms with E-state index in [0.29, 0.717) is 36.6 Å². The number of hydrogen-bond acceptors (Lipinski definition) is 9. The zero-order valence-electron chi connectivity index (χ0n) is 19.1. The van der Waals surface area contributed by atoms with Crippen molar-refractivity contribution in [1.29, 1.82) is 0 Å². The number of rotatable bonds is 12. The third-order valence-corrected chi connectivity index (χ3v) is 6.77. The van der Waals surface area contributed by atoms with Gasteiger partial charge in [-0.2, -0.15) is 0 Å². The van der Waals surface area contributed by atoms with Crippen molar-refractivity contribution in [3.05, 3.63) is 53.7 Å². The van der Waals surface area contributed by atoms with Gasteiger partial charge in [0.25, 0.3) is 5.89 Å². The summed E-state index contributed by atoms with van der Waals surface area (Å²) in [6.07, 6.45) is 0.824. The lowest BCUT2D eigenvalue weighted by Gasteiger charge is -2.20. The molecule has 0 spiro atoms. The maximum atomic E-state index is 13.1. The summed E-state index contributed by atoms with van der Waals surface area (Å²) in [5.41, 5.74) is 0.967. The molecule has 9 nitrogen and oxygen atoms in total. The lowest BCUT2D eigenvalue weighted by atomic mass is 10.2. The second-order valence-electron chi connectivity index (χ2n) is 7.40. The molecule has 0 saturated heterocycles. The van der Waals surface area contributed by atoms with Gasteiger partial charge in [0, 0.05) is 19.2 Å². The summed E-state index contributed by atoms with van der Waals surface area (Å²) in [6, 6.07) is 13.7. The van der Waals surface area contributed by atoms with Gasteiger partial charge in [0.2, 0.25) is 11.8 Å². The van der Waals surface area contributed by atoms with E-state index in [4.69, 9.17) is 9.15 Å². The molecule has 0 unspecified atom stereocenters. The Hall–Kier alpha value is -3.02. The number of carbonyl (C=O) groups is 1. The Morgan fingerprint density at radius 1 is 1.15 bits per heavy atom. The number of nitrogens with zero attached hydrogens (tertiary/aromatic N) is 6. The Balaban J connectivity index is 1.44. The molecule has 0 radical (unpaired) electrons. The Labute approximate surface area is 206 Å². The van der Waals surface area contributed by atoms with Gasteiger partial charge in [0.05, 0.1) is 30.3 Å². The quantitative estimate of drug-likeness (QED) is 0.268. The highest BCUT2D eigenvalue weighted by Crippen LogP contribution is 2.25. The van der Waals surface area contributed by atoms with Crippen molar-refractivity contribution >= 4 is 29.0 Å². The van der Waals surface area contributed by atoms with Crippen molar-refractivity contribution in [3.63, 3.8) is 0 Å². The van der Waals surface area contributed by atoms with Gasteiger partial charge in [-0.15, -0.1) is 31.7 Å². The van der Waals surface area contributed by atoms with E-state index in [1.54, 1.807) is 12.0 Å². The minimum atomic E-state index is -0.0229. The van der Waals surface area contributed by atoms with Crippen LogP contribution in [-0.4, -0.2) is 61.8 Å². The van der Waals surface area contributed by atoms with E-state index >= 15 is 0 Å². The van der Waals surface area contributed by atoms with Crippen molar-refractivity contribution in [2.24, 2.45) is 0 Å². The molecule has 11 heteroatoms. The summed E-state index contributed by atoms with van der Waals surface area (Å²) < 4.78 is 13.0. The first-order chi connectivity index (χ1) is 16.7. The highest BCUT2D eigenvalue weighted by Gasteiger charge is 2.20. The van der Waals surface area contributed by atoms with Crippen molar-refractivity contribution in [2.75, 3.05) is 26.0 Å². The van der Waals surface area contributed by atoms with Crippen LogP contribution in [0.15, 0.2) is 57.4 Å². The van der Waals surface area contributed by atoms with E-state index in [2.05, 4.69) is 20.4 Å². The third kappa shape index (κ3) is 5.91. The van der Waals surface area contributed by atoms with Crippen LogP contribution < -0.4 is 0 Å². The van der Waals surface area contributed by atoms with Gasteiger partial charge in [-0.3, -0.25) is 9.36 Å². The van der Waals surface area contributed by atoms with Gasteiger partial charge in [-0.25, -0.2) is 0 Å². The number of thioether (sulfide) groups is 1.